The molecule has 2 fully saturated rings. The van der Waals surface area contributed by atoms with Gasteiger partial charge in [-0.15, -0.1) is 0 Å². The van der Waals surface area contributed by atoms with E-state index in [0.717, 1.165) is 50.2 Å². The zero-order valence-electron chi connectivity index (χ0n) is 15.3. The Bertz CT molecular complexity index is 606. The van der Waals surface area contributed by atoms with E-state index >= 15 is 0 Å². The quantitative estimate of drug-likeness (QED) is 0.567. The molecule has 0 aliphatic carbocycles. The summed E-state index contributed by atoms with van der Waals surface area (Å²) in [6.07, 6.45) is 4.99. The van der Waals surface area contributed by atoms with Crippen molar-refractivity contribution in [3.05, 3.63) is 29.6 Å². The molecule has 147 valence electrons. The van der Waals surface area contributed by atoms with Crippen molar-refractivity contribution in [3.63, 3.8) is 0 Å². The summed E-state index contributed by atoms with van der Waals surface area (Å²) in [6.45, 7) is 2.39. The van der Waals surface area contributed by atoms with Gasteiger partial charge in [-0.25, -0.2) is 0 Å². The van der Waals surface area contributed by atoms with Crippen molar-refractivity contribution in [3.8, 4) is 0 Å². The molecule has 2 saturated heterocycles. The first-order chi connectivity index (χ1) is 12.5. The van der Waals surface area contributed by atoms with E-state index in [4.69, 9.17) is 0 Å². The van der Waals surface area contributed by atoms with Crippen molar-refractivity contribution in [2.75, 3.05) is 13.1 Å². The van der Waals surface area contributed by atoms with Crippen molar-refractivity contribution >= 4 is 11.9 Å². The molecule has 2 unspecified atom stereocenters. The Balaban J connectivity index is 0.00000261. The fourth-order valence-corrected chi connectivity index (χ4v) is 4.02. The van der Waals surface area contributed by atoms with Crippen LogP contribution in [-0.4, -0.2) is 51.9 Å². The Hall–Kier alpha value is -1.47. The van der Waals surface area contributed by atoms with Crippen LogP contribution in [0.25, 0.3) is 0 Å². The Labute approximate surface area is 170 Å². The Morgan fingerprint density at radius 1 is 0.889 bits per heavy atom. The molecule has 0 bridgehead atoms. The molecule has 1 aromatic rings. The summed E-state index contributed by atoms with van der Waals surface area (Å²) in [5.41, 5.74) is 1.61. The van der Waals surface area contributed by atoms with Crippen LogP contribution < -0.4 is 10.2 Å². The van der Waals surface area contributed by atoms with Gasteiger partial charge in [0.25, 0.3) is 0 Å². The first kappa shape index (κ1) is 21.8. The minimum absolute atomic E-state index is 0. The SMILES string of the molecule is O=C([O-])C1CCCCN1Cc1cccc(CN2CCCCC2C(=O)[O-])n1.[Mn+2]. The predicted octanol–water partition coefficient (Wildman–Crippen LogP) is -0.712. The van der Waals surface area contributed by atoms with E-state index in [1.807, 2.05) is 28.0 Å². The van der Waals surface area contributed by atoms with E-state index in [0.29, 0.717) is 25.9 Å². The van der Waals surface area contributed by atoms with Crippen LogP contribution >= 0.6 is 0 Å². The molecule has 0 N–H and O–H groups in total. The molecule has 1 radical (unpaired) electrons. The van der Waals surface area contributed by atoms with E-state index in [9.17, 15) is 19.8 Å². The number of aliphatic carboxylic acids is 2. The fourth-order valence-electron chi connectivity index (χ4n) is 4.02. The van der Waals surface area contributed by atoms with Gasteiger partial charge in [0.05, 0.1) is 23.3 Å². The summed E-state index contributed by atoms with van der Waals surface area (Å²) in [6, 6.07) is 4.55. The number of carbonyl (C=O) groups excluding carboxylic acids is 2. The van der Waals surface area contributed by atoms with Crippen molar-refractivity contribution in [1.29, 1.82) is 0 Å². The number of aromatic nitrogens is 1. The van der Waals surface area contributed by atoms with Gasteiger partial charge in [-0.3, -0.25) is 14.8 Å². The van der Waals surface area contributed by atoms with Crippen LogP contribution in [0.5, 0.6) is 0 Å². The Kier molecular flexibility index (Phi) is 8.23. The topological polar surface area (TPSA) is 99.6 Å². The van der Waals surface area contributed by atoms with E-state index in [2.05, 4.69) is 4.98 Å². The summed E-state index contributed by atoms with van der Waals surface area (Å²) in [5, 5.41) is 22.7. The molecule has 2 aliphatic rings. The van der Waals surface area contributed by atoms with E-state index in [1.165, 1.54) is 0 Å². The molecule has 2 atom stereocenters. The van der Waals surface area contributed by atoms with Crippen LogP contribution in [0.2, 0.25) is 0 Å². The number of rotatable bonds is 6. The van der Waals surface area contributed by atoms with Gasteiger partial charge in [0, 0.05) is 25.2 Å². The normalized spacial score (nSPS) is 24.1. The summed E-state index contributed by atoms with van der Waals surface area (Å²) in [4.78, 5) is 31.1. The standard InChI is InChI=1S/C19H27N3O4.Mn/c23-18(24)16-8-1-3-10-21(16)12-14-6-5-7-15(20-14)13-22-11-4-2-9-17(22)19(25)26;/h5-7,16-17H,1-4,8-13H2,(H,23,24)(H,25,26);/q;+2/p-2. The van der Waals surface area contributed by atoms with Gasteiger partial charge in [0.2, 0.25) is 0 Å². The van der Waals surface area contributed by atoms with E-state index in [-0.39, 0.29) is 17.1 Å². The monoisotopic (exact) mass is 414 g/mol. The molecule has 7 nitrogen and oxygen atoms in total. The molecule has 2 aliphatic heterocycles. The van der Waals surface area contributed by atoms with Crippen molar-refractivity contribution in [2.45, 2.75) is 63.7 Å². The summed E-state index contributed by atoms with van der Waals surface area (Å²) in [5.74, 6) is -2.04. The minimum Gasteiger partial charge on any atom is -0.548 e. The molecule has 3 rings (SSSR count). The van der Waals surface area contributed by atoms with Gasteiger partial charge < -0.3 is 19.8 Å². The maximum absolute atomic E-state index is 11.3. The summed E-state index contributed by atoms with van der Waals surface area (Å²) >= 11 is 0. The third-order valence-corrected chi connectivity index (χ3v) is 5.37. The number of hydrogen-bond acceptors (Lipinski definition) is 7. The second-order valence-electron chi connectivity index (χ2n) is 7.22. The van der Waals surface area contributed by atoms with Crippen LogP contribution in [0.4, 0.5) is 0 Å². The fraction of sp³-hybridized carbons (Fsp3) is 0.632. The van der Waals surface area contributed by atoms with Gasteiger partial charge in [0.1, 0.15) is 0 Å². The number of likely N-dealkylation sites (tertiary alicyclic amines) is 2. The third-order valence-electron chi connectivity index (χ3n) is 5.37. The first-order valence-corrected chi connectivity index (χ1v) is 9.39. The average molecular weight is 414 g/mol. The molecule has 0 saturated carbocycles. The average Bonchev–Trinajstić information content (AvgIpc) is 2.62. The number of carboxylic acid groups (broad SMARTS) is 2. The number of carbonyl (C=O) groups is 2. The maximum atomic E-state index is 11.3. The molecule has 0 spiro atoms. The van der Waals surface area contributed by atoms with Crippen LogP contribution in [0.3, 0.4) is 0 Å². The minimum atomic E-state index is -1.02. The molecule has 0 aromatic carbocycles. The van der Waals surface area contributed by atoms with Crippen LogP contribution in [0.15, 0.2) is 18.2 Å². The maximum Gasteiger partial charge on any atom is 2.00 e. The van der Waals surface area contributed by atoms with Crippen molar-refractivity contribution in [2.24, 2.45) is 0 Å². The molecular formula is C19H25MnN3O4. The van der Waals surface area contributed by atoms with Gasteiger partial charge in [0.15, 0.2) is 0 Å². The Morgan fingerprint density at radius 3 is 1.74 bits per heavy atom. The number of carboxylic acids is 2. The largest absolute Gasteiger partial charge is 2.00 e. The van der Waals surface area contributed by atoms with Crippen LogP contribution in [-0.2, 0) is 39.7 Å². The van der Waals surface area contributed by atoms with Gasteiger partial charge in [-0.2, -0.15) is 0 Å². The first-order valence-electron chi connectivity index (χ1n) is 9.39. The third kappa shape index (κ3) is 5.75. The number of nitrogens with zero attached hydrogens (tertiary/aromatic N) is 3. The molecular weight excluding hydrogens is 389 g/mol. The molecule has 8 heteroatoms. The van der Waals surface area contributed by atoms with Gasteiger partial charge in [-0.1, -0.05) is 18.9 Å². The number of hydrogen-bond donors (Lipinski definition) is 0. The Morgan fingerprint density at radius 2 is 1.33 bits per heavy atom. The molecule has 0 amide bonds. The predicted molar refractivity (Wildman–Crippen MR) is 90.3 cm³/mol. The van der Waals surface area contributed by atoms with Gasteiger partial charge >= 0.3 is 17.1 Å². The summed E-state index contributed by atoms with van der Waals surface area (Å²) < 4.78 is 0. The van der Waals surface area contributed by atoms with Crippen molar-refractivity contribution in [1.82, 2.24) is 14.8 Å². The van der Waals surface area contributed by atoms with Crippen LogP contribution in [0.1, 0.15) is 49.9 Å². The molecule has 27 heavy (non-hydrogen) atoms. The zero-order valence-corrected chi connectivity index (χ0v) is 16.5. The smallest absolute Gasteiger partial charge is 0.548 e. The molecule has 1 aromatic heterocycles. The number of piperidine rings is 2. The van der Waals surface area contributed by atoms with E-state index in [1.54, 1.807) is 0 Å². The zero-order chi connectivity index (χ0) is 18.5. The van der Waals surface area contributed by atoms with E-state index < -0.39 is 24.0 Å². The second kappa shape index (κ2) is 10.2. The van der Waals surface area contributed by atoms with Gasteiger partial charge in [-0.05, 0) is 50.9 Å². The second-order valence-corrected chi connectivity index (χ2v) is 7.22. The van der Waals surface area contributed by atoms with Crippen LogP contribution in [0, 0.1) is 0 Å². The summed E-state index contributed by atoms with van der Waals surface area (Å²) in [7, 11) is 0. The molecule has 3 heterocycles. The number of pyridine rings is 1. The van der Waals surface area contributed by atoms with Crippen molar-refractivity contribution < 1.29 is 36.9 Å².